The van der Waals surface area contributed by atoms with Crippen LogP contribution >= 0.6 is 0 Å². The number of nitrogens with two attached hydrogens (primary N) is 1. The Labute approximate surface area is 176 Å². The van der Waals surface area contributed by atoms with E-state index in [1.165, 1.54) is 11.9 Å². The summed E-state index contributed by atoms with van der Waals surface area (Å²) in [6, 6.07) is 15.6. The van der Waals surface area contributed by atoms with Gasteiger partial charge in [0.25, 0.3) is 0 Å². The van der Waals surface area contributed by atoms with Crippen LogP contribution in [0.15, 0.2) is 54.9 Å². The van der Waals surface area contributed by atoms with Crippen LogP contribution < -0.4 is 21.1 Å². The highest BCUT2D eigenvalue weighted by Crippen LogP contribution is 2.26. The molecule has 7 heteroatoms. The smallest absolute Gasteiger partial charge is 0.141 e. The third-order valence-corrected chi connectivity index (χ3v) is 5.21. The van der Waals surface area contributed by atoms with Gasteiger partial charge in [0.15, 0.2) is 0 Å². The molecule has 5 N–H and O–H groups in total. The quantitative estimate of drug-likeness (QED) is 0.468. The lowest BCUT2D eigenvalue weighted by molar-refractivity contribution is 0.478. The molecule has 1 aromatic heterocycles. The minimum Gasteiger partial charge on any atom is -0.457 e. The number of hydrogen-bond donors (Lipinski definition) is 4. The first kappa shape index (κ1) is 19.8. The Balaban J connectivity index is 1.53. The van der Waals surface area contributed by atoms with Crippen molar-refractivity contribution >= 4 is 17.3 Å². The zero-order valence-corrected chi connectivity index (χ0v) is 17.0. The first-order valence-electron chi connectivity index (χ1n) is 10.1. The molecule has 0 saturated carbocycles. The van der Waals surface area contributed by atoms with Crippen molar-refractivity contribution < 1.29 is 4.74 Å². The van der Waals surface area contributed by atoms with Gasteiger partial charge in [-0.25, -0.2) is 9.97 Å². The summed E-state index contributed by atoms with van der Waals surface area (Å²) >= 11 is 0. The lowest BCUT2D eigenvalue weighted by atomic mass is 10.0. The summed E-state index contributed by atoms with van der Waals surface area (Å²) in [5, 5.41) is 15.5. The highest BCUT2D eigenvalue weighted by molar-refractivity contribution is 6.16. The molecule has 1 saturated heterocycles. The number of ether oxygens (including phenoxy) is 1. The van der Waals surface area contributed by atoms with E-state index < -0.39 is 0 Å². The van der Waals surface area contributed by atoms with Crippen LogP contribution in [0, 0.1) is 12.3 Å². The van der Waals surface area contributed by atoms with Crippen molar-refractivity contribution in [3.05, 3.63) is 71.5 Å². The summed E-state index contributed by atoms with van der Waals surface area (Å²) in [7, 11) is 0. The average Bonchev–Trinajstić information content (AvgIpc) is 2.76. The summed E-state index contributed by atoms with van der Waals surface area (Å²) in [5.74, 6) is 2.39. The van der Waals surface area contributed by atoms with Gasteiger partial charge in [-0.3, -0.25) is 5.41 Å². The van der Waals surface area contributed by atoms with Crippen LogP contribution in [0.2, 0.25) is 0 Å². The number of aromatic nitrogens is 2. The topological polar surface area (TPSA) is 109 Å². The van der Waals surface area contributed by atoms with E-state index in [-0.39, 0.29) is 5.71 Å². The monoisotopic (exact) mass is 402 g/mol. The molecular weight excluding hydrogens is 376 g/mol. The molecule has 1 fully saturated rings. The van der Waals surface area contributed by atoms with Crippen molar-refractivity contribution in [2.75, 3.05) is 24.1 Å². The Morgan fingerprint density at radius 3 is 2.33 bits per heavy atom. The number of rotatable bonds is 6. The summed E-state index contributed by atoms with van der Waals surface area (Å²) < 4.78 is 5.88. The molecule has 0 bridgehead atoms. The van der Waals surface area contributed by atoms with E-state index in [0.717, 1.165) is 37.2 Å². The summed E-state index contributed by atoms with van der Waals surface area (Å²) in [4.78, 5) is 8.48. The van der Waals surface area contributed by atoms with E-state index in [1.54, 1.807) is 0 Å². The minimum atomic E-state index is 0.284. The van der Waals surface area contributed by atoms with Crippen molar-refractivity contribution in [1.29, 1.82) is 5.41 Å². The van der Waals surface area contributed by atoms with E-state index in [4.69, 9.17) is 15.9 Å². The van der Waals surface area contributed by atoms with Crippen molar-refractivity contribution in [2.45, 2.75) is 25.8 Å². The molecule has 30 heavy (non-hydrogen) atoms. The molecule has 2 aromatic carbocycles. The van der Waals surface area contributed by atoms with Crippen molar-refractivity contribution in [3.63, 3.8) is 0 Å². The largest absolute Gasteiger partial charge is 0.457 e. The molecule has 0 atom stereocenters. The Morgan fingerprint density at radius 2 is 1.67 bits per heavy atom. The second-order valence-electron chi connectivity index (χ2n) is 7.47. The third kappa shape index (κ3) is 4.58. The number of hydrogen-bond acceptors (Lipinski definition) is 7. The Bertz CT molecular complexity index is 1010. The predicted octanol–water partition coefficient (Wildman–Crippen LogP) is 3.74. The minimum absolute atomic E-state index is 0.284. The van der Waals surface area contributed by atoms with Gasteiger partial charge in [-0.2, -0.15) is 0 Å². The molecule has 1 aliphatic rings. The second-order valence-corrected chi connectivity index (χ2v) is 7.47. The fraction of sp³-hybridized carbons (Fsp3) is 0.261. The average molecular weight is 403 g/mol. The SMILES string of the molecule is Cc1ccc(Oc2ccc(C(=N)c3c(N)ncnc3NC3CCNCC3)cc2)cc1. The number of nitrogens with zero attached hydrogens (tertiary/aromatic N) is 2. The van der Waals surface area contributed by atoms with Gasteiger partial charge in [-0.05, 0) is 69.3 Å². The van der Waals surface area contributed by atoms with E-state index in [0.29, 0.717) is 29.0 Å². The molecule has 0 radical (unpaired) electrons. The molecule has 4 rings (SSSR count). The maximum atomic E-state index is 8.73. The lowest BCUT2D eigenvalue weighted by Gasteiger charge is -2.25. The van der Waals surface area contributed by atoms with Gasteiger partial charge in [0.1, 0.15) is 29.5 Å². The first-order valence-corrected chi connectivity index (χ1v) is 10.1. The van der Waals surface area contributed by atoms with Crippen LogP contribution in [0.25, 0.3) is 0 Å². The van der Waals surface area contributed by atoms with Crippen LogP contribution in [0.5, 0.6) is 11.5 Å². The van der Waals surface area contributed by atoms with Gasteiger partial charge < -0.3 is 21.1 Å². The number of piperidine rings is 1. The molecule has 2 heterocycles. The Kier molecular flexibility index (Phi) is 5.90. The van der Waals surface area contributed by atoms with Crippen LogP contribution in [-0.4, -0.2) is 34.8 Å². The first-order chi connectivity index (χ1) is 14.6. The fourth-order valence-electron chi connectivity index (χ4n) is 3.49. The third-order valence-electron chi connectivity index (χ3n) is 5.21. The van der Waals surface area contributed by atoms with Gasteiger partial charge in [-0.1, -0.05) is 17.7 Å². The maximum Gasteiger partial charge on any atom is 0.141 e. The standard InChI is InChI=1S/C23H26N6O/c1-15-2-6-18(7-3-15)30-19-8-4-16(5-9-19)21(24)20-22(25)27-14-28-23(20)29-17-10-12-26-13-11-17/h2-9,14,17,24,26H,10-13H2,1H3,(H3,25,27,28,29). The van der Waals surface area contributed by atoms with E-state index in [9.17, 15) is 0 Å². The van der Waals surface area contributed by atoms with Crippen LogP contribution in [0.4, 0.5) is 11.6 Å². The molecule has 0 spiro atoms. The van der Waals surface area contributed by atoms with Crippen LogP contribution in [-0.2, 0) is 0 Å². The molecule has 0 aliphatic carbocycles. The Morgan fingerprint density at radius 1 is 1.03 bits per heavy atom. The summed E-state index contributed by atoms with van der Waals surface area (Å²) in [6.07, 6.45) is 3.44. The van der Waals surface area contributed by atoms with Gasteiger partial charge in [0, 0.05) is 11.6 Å². The predicted molar refractivity (Wildman–Crippen MR) is 120 cm³/mol. The van der Waals surface area contributed by atoms with Crippen molar-refractivity contribution in [3.8, 4) is 11.5 Å². The number of nitrogens with one attached hydrogen (secondary N) is 3. The number of nitrogen functional groups attached to an aromatic ring is 1. The highest BCUT2D eigenvalue weighted by Gasteiger charge is 2.20. The number of benzene rings is 2. The highest BCUT2D eigenvalue weighted by atomic mass is 16.5. The Hall–Kier alpha value is -3.45. The van der Waals surface area contributed by atoms with Gasteiger partial charge >= 0.3 is 0 Å². The summed E-state index contributed by atoms with van der Waals surface area (Å²) in [5.41, 5.74) is 8.86. The second kappa shape index (κ2) is 8.92. The van der Waals surface area contributed by atoms with Crippen molar-refractivity contribution in [1.82, 2.24) is 15.3 Å². The van der Waals surface area contributed by atoms with E-state index in [1.807, 2.05) is 55.5 Å². The van der Waals surface area contributed by atoms with Gasteiger partial charge in [-0.15, -0.1) is 0 Å². The number of aryl methyl sites for hydroxylation is 1. The molecular formula is C23H26N6O. The lowest BCUT2D eigenvalue weighted by Crippen LogP contribution is -2.36. The maximum absolute atomic E-state index is 8.73. The number of anilines is 2. The molecule has 0 unspecified atom stereocenters. The van der Waals surface area contributed by atoms with Gasteiger partial charge in [0.05, 0.1) is 11.3 Å². The van der Waals surface area contributed by atoms with Gasteiger partial charge in [0.2, 0.25) is 0 Å². The summed E-state index contributed by atoms with van der Waals surface area (Å²) in [6.45, 7) is 3.97. The molecule has 154 valence electrons. The van der Waals surface area contributed by atoms with E-state index >= 15 is 0 Å². The van der Waals surface area contributed by atoms with E-state index in [2.05, 4.69) is 20.6 Å². The normalized spacial score (nSPS) is 14.3. The molecule has 1 aliphatic heterocycles. The zero-order chi connectivity index (χ0) is 20.9. The molecule has 3 aromatic rings. The molecule has 7 nitrogen and oxygen atoms in total. The van der Waals surface area contributed by atoms with Crippen LogP contribution in [0.3, 0.4) is 0 Å². The van der Waals surface area contributed by atoms with Crippen molar-refractivity contribution in [2.24, 2.45) is 0 Å². The fourth-order valence-corrected chi connectivity index (χ4v) is 3.49. The molecule has 0 amide bonds. The van der Waals surface area contributed by atoms with Crippen LogP contribution in [0.1, 0.15) is 29.5 Å². The zero-order valence-electron chi connectivity index (χ0n) is 17.0.